The molecule has 1 atom stereocenters. The first-order valence-electron chi connectivity index (χ1n) is 6.38. The highest BCUT2D eigenvalue weighted by atomic mass is 32.1. The van der Waals surface area contributed by atoms with Gasteiger partial charge in [0.15, 0.2) is 0 Å². The van der Waals surface area contributed by atoms with Crippen LogP contribution < -0.4 is 5.32 Å². The lowest BCUT2D eigenvalue weighted by molar-refractivity contribution is -0.128. The minimum Gasteiger partial charge on any atom is -0.322 e. The number of rotatable bonds is 6. The van der Waals surface area contributed by atoms with Crippen LogP contribution >= 0.6 is 11.3 Å². The lowest BCUT2D eigenvalue weighted by atomic mass is 10.2. The Morgan fingerprint density at radius 3 is 3.00 bits per heavy atom. The number of hydrogen-bond acceptors (Lipinski definition) is 4. The van der Waals surface area contributed by atoms with Gasteiger partial charge >= 0.3 is 0 Å². The molecule has 1 aliphatic rings. The summed E-state index contributed by atoms with van der Waals surface area (Å²) in [5.74, 6) is 0.219. The van der Waals surface area contributed by atoms with Crippen molar-refractivity contribution in [3.63, 3.8) is 0 Å². The van der Waals surface area contributed by atoms with Crippen LogP contribution in [0, 0.1) is 0 Å². The summed E-state index contributed by atoms with van der Waals surface area (Å²) >= 11 is 1.68. The SMILES string of the molecule is CN(C)CCCCN1C(=O)CNC1c1ccsc1. The van der Waals surface area contributed by atoms with Crippen LogP contribution in [0.5, 0.6) is 0 Å². The van der Waals surface area contributed by atoms with E-state index in [-0.39, 0.29) is 12.1 Å². The number of thiophene rings is 1. The van der Waals surface area contributed by atoms with Crippen molar-refractivity contribution in [2.45, 2.75) is 19.0 Å². The third kappa shape index (κ3) is 3.31. The van der Waals surface area contributed by atoms with Gasteiger partial charge in [-0.3, -0.25) is 10.1 Å². The van der Waals surface area contributed by atoms with E-state index < -0.39 is 0 Å². The molecule has 1 saturated heterocycles. The number of carbonyl (C=O) groups is 1. The third-order valence-corrected chi connectivity index (χ3v) is 3.89. The van der Waals surface area contributed by atoms with E-state index in [2.05, 4.69) is 41.1 Å². The molecule has 2 heterocycles. The fourth-order valence-corrected chi connectivity index (χ4v) is 2.91. The molecule has 1 aromatic rings. The number of hydrogen-bond donors (Lipinski definition) is 1. The second-order valence-electron chi connectivity index (χ2n) is 4.94. The molecule has 0 aromatic carbocycles. The van der Waals surface area contributed by atoms with E-state index >= 15 is 0 Å². The maximum Gasteiger partial charge on any atom is 0.238 e. The zero-order valence-electron chi connectivity index (χ0n) is 11.1. The first-order valence-corrected chi connectivity index (χ1v) is 7.32. The summed E-state index contributed by atoms with van der Waals surface area (Å²) in [6.07, 6.45) is 2.28. The van der Waals surface area contributed by atoms with Crippen LogP contribution in [-0.2, 0) is 4.79 Å². The Labute approximate surface area is 113 Å². The highest BCUT2D eigenvalue weighted by Gasteiger charge is 2.30. The van der Waals surface area contributed by atoms with Gasteiger partial charge in [-0.05, 0) is 55.9 Å². The van der Waals surface area contributed by atoms with E-state index in [0.29, 0.717) is 6.54 Å². The highest BCUT2D eigenvalue weighted by Crippen LogP contribution is 2.24. The molecule has 0 bridgehead atoms. The predicted octanol–water partition coefficient (Wildman–Crippen LogP) is 1.52. The Kier molecular flexibility index (Phi) is 4.74. The van der Waals surface area contributed by atoms with Crippen LogP contribution in [0.1, 0.15) is 24.6 Å². The number of nitrogens with one attached hydrogen (secondary N) is 1. The molecule has 1 aromatic heterocycles. The molecule has 100 valence electrons. The number of nitrogens with zero attached hydrogens (tertiary/aromatic N) is 2. The molecule has 1 fully saturated rings. The molecule has 18 heavy (non-hydrogen) atoms. The van der Waals surface area contributed by atoms with Crippen molar-refractivity contribution in [2.24, 2.45) is 0 Å². The molecule has 1 amide bonds. The summed E-state index contributed by atoms with van der Waals surface area (Å²) in [5.41, 5.74) is 1.21. The number of amides is 1. The summed E-state index contributed by atoms with van der Waals surface area (Å²) in [5, 5.41) is 7.45. The smallest absolute Gasteiger partial charge is 0.238 e. The van der Waals surface area contributed by atoms with Gasteiger partial charge in [0, 0.05) is 6.54 Å². The zero-order chi connectivity index (χ0) is 13.0. The van der Waals surface area contributed by atoms with Gasteiger partial charge in [0.05, 0.1) is 6.54 Å². The molecule has 1 N–H and O–H groups in total. The third-order valence-electron chi connectivity index (χ3n) is 3.19. The van der Waals surface area contributed by atoms with Crippen molar-refractivity contribution >= 4 is 17.2 Å². The summed E-state index contributed by atoms with van der Waals surface area (Å²) in [6.45, 7) is 2.40. The summed E-state index contributed by atoms with van der Waals surface area (Å²) in [6, 6.07) is 2.09. The summed E-state index contributed by atoms with van der Waals surface area (Å²) < 4.78 is 0. The molecular formula is C13H21N3OS. The maximum absolute atomic E-state index is 11.9. The van der Waals surface area contributed by atoms with E-state index in [1.54, 1.807) is 11.3 Å². The van der Waals surface area contributed by atoms with Crippen LogP contribution in [0.15, 0.2) is 16.8 Å². The van der Waals surface area contributed by atoms with Gasteiger partial charge in [0.2, 0.25) is 5.91 Å². The normalized spacial score (nSPS) is 20.1. The molecule has 5 heteroatoms. The van der Waals surface area contributed by atoms with E-state index in [9.17, 15) is 4.79 Å². The van der Waals surface area contributed by atoms with Crippen LogP contribution in [0.4, 0.5) is 0 Å². The Morgan fingerprint density at radius 1 is 1.50 bits per heavy atom. The fourth-order valence-electron chi connectivity index (χ4n) is 2.23. The van der Waals surface area contributed by atoms with E-state index in [4.69, 9.17) is 0 Å². The topological polar surface area (TPSA) is 35.6 Å². The lowest BCUT2D eigenvalue weighted by Gasteiger charge is -2.24. The zero-order valence-corrected chi connectivity index (χ0v) is 11.9. The monoisotopic (exact) mass is 267 g/mol. The fraction of sp³-hybridized carbons (Fsp3) is 0.615. The number of unbranched alkanes of at least 4 members (excludes halogenated alkanes) is 1. The quantitative estimate of drug-likeness (QED) is 0.794. The standard InChI is InChI=1S/C13H21N3OS/c1-15(2)6-3-4-7-16-12(17)9-14-13(16)11-5-8-18-10-11/h5,8,10,13-14H,3-4,6-7,9H2,1-2H3. The second-order valence-corrected chi connectivity index (χ2v) is 5.72. The molecule has 1 aliphatic heterocycles. The first kappa shape index (κ1) is 13.5. The van der Waals surface area contributed by atoms with Gasteiger partial charge in [0.1, 0.15) is 6.17 Å². The van der Waals surface area contributed by atoms with Crippen molar-refractivity contribution in [1.29, 1.82) is 0 Å². The Hall–Kier alpha value is -0.910. The first-order chi connectivity index (χ1) is 8.68. The molecule has 0 aliphatic carbocycles. The maximum atomic E-state index is 11.9. The molecule has 0 radical (unpaired) electrons. The summed E-state index contributed by atoms with van der Waals surface area (Å²) in [4.78, 5) is 16.0. The molecule has 4 nitrogen and oxygen atoms in total. The van der Waals surface area contributed by atoms with Gasteiger partial charge in [-0.15, -0.1) is 0 Å². The van der Waals surface area contributed by atoms with Crippen molar-refractivity contribution in [1.82, 2.24) is 15.1 Å². The average molecular weight is 267 g/mol. The van der Waals surface area contributed by atoms with Gasteiger partial charge in [-0.2, -0.15) is 11.3 Å². The Balaban J connectivity index is 1.86. The van der Waals surface area contributed by atoms with Crippen molar-refractivity contribution in [3.8, 4) is 0 Å². The van der Waals surface area contributed by atoms with Gasteiger partial charge in [0.25, 0.3) is 0 Å². The van der Waals surface area contributed by atoms with E-state index in [1.165, 1.54) is 5.56 Å². The van der Waals surface area contributed by atoms with Gasteiger partial charge in [-0.25, -0.2) is 0 Å². The molecule has 0 spiro atoms. The van der Waals surface area contributed by atoms with Crippen molar-refractivity contribution in [2.75, 3.05) is 33.7 Å². The van der Waals surface area contributed by atoms with Crippen molar-refractivity contribution in [3.05, 3.63) is 22.4 Å². The molecule has 0 saturated carbocycles. The van der Waals surface area contributed by atoms with E-state index in [0.717, 1.165) is 25.9 Å². The predicted molar refractivity (Wildman–Crippen MR) is 74.6 cm³/mol. The van der Waals surface area contributed by atoms with Crippen LogP contribution in [0.25, 0.3) is 0 Å². The van der Waals surface area contributed by atoms with Crippen LogP contribution in [-0.4, -0.2) is 49.4 Å². The van der Waals surface area contributed by atoms with Crippen LogP contribution in [0.3, 0.4) is 0 Å². The van der Waals surface area contributed by atoms with Crippen molar-refractivity contribution < 1.29 is 4.79 Å². The van der Waals surface area contributed by atoms with Gasteiger partial charge in [-0.1, -0.05) is 0 Å². The van der Waals surface area contributed by atoms with Crippen LogP contribution in [0.2, 0.25) is 0 Å². The Bertz CT molecular complexity index is 378. The van der Waals surface area contributed by atoms with E-state index in [1.807, 2.05) is 4.90 Å². The molecular weight excluding hydrogens is 246 g/mol. The average Bonchev–Trinajstić information content (AvgIpc) is 2.94. The molecule has 1 unspecified atom stereocenters. The highest BCUT2D eigenvalue weighted by molar-refractivity contribution is 7.07. The van der Waals surface area contributed by atoms with Gasteiger partial charge < -0.3 is 9.80 Å². The minimum absolute atomic E-state index is 0.0862. The lowest BCUT2D eigenvalue weighted by Crippen LogP contribution is -2.31. The number of carbonyl (C=O) groups excluding carboxylic acids is 1. The Morgan fingerprint density at radius 2 is 2.33 bits per heavy atom. The minimum atomic E-state index is 0.0862. The summed E-state index contributed by atoms with van der Waals surface area (Å²) in [7, 11) is 4.16. The second kappa shape index (κ2) is 6.31. The molecule has 2 rings (SSSR count). The largest absolute Gasteiger partial charge is 0.322 e.